The van der Waals surface area contributed by atoms with Crippen LogP contribution in [0.4, 0.5) is 0 Å². The summed E-state index contributed by atoms with van der Waals surface area (Å²) >= 11 is 1.14. The number of aryl methyl sites for hydroxylation is 1. The molecule has 1 unspecified atom stereocenters. The highest BCUT2D eigenvalue weighted by Gasteiger charge is 2.22. The van der Waals surface area contributed by atoms with Crippen molar-refractivity contribution in [2.24, 2.45) is 5.92 Å². The van der Waals surface area contributed by atoms with Crippen LogP contribution in [0.25, 0.3) is 0 Å². The fourth-order valence-corrected chi connectivity index (χ4v) is 5.13. The maximum absolute atomic E-state index is 12.2. The number of aliphatic hydroxyl groups excluding tert-OH is 1. The third-order valence-electron chi connectivity index (χ3n) is 3.69. The van der Waals surface area contributed by atoms with Crippen molar-refractivity contribution in [1.82, 2.24) is 9.62 Å². The van der Waals surface area contributed by atoms with Gasteiger partial charge in [0, 0.05) is 18.0 Å². The summed E-state index contributed by atoms with van der Waals surface area (Å²) < 4.78 is 27.5. The molecule has 0 bridgehead atoms. The fourth-order valence-electron chi connectivity index (χ4n) is 2.52. The first-order valence-corrected chi connectivity index (χ1v) is 9.10. The zero-order valence-corrected chi connectivity index (χ0v) is 13.6. The molecule has 0 radical (unpaired) electrons. The maximum atomic E-state index is 12.2. The van der Waals surface area contributed by atoms with Crippen LogP contribution in [0.2, 0.25) is 0 Å². The molecular weight excluding hydrogens is 296 g/mol. The molecule has 0 saturated carbocycles. The summed E-state index contributed by atoms with van der Waals surface area (Å²) in [5.41, 5.74) is 0.829. The molecule has 1 aromatic heterocycles. The van der Waals surface area contributed by atoms with Gasteiger partial charge in [-0.1, -0.05) is 0 Å². The van der Waals surface area contributed by atoms with Crippen LogP contribution in [0.1, 0.15) is 23.3 Å². The molecule has 1 fully saturated rings. The van der Waals surface area contributed by atoms with E-state index >= 15 is 0 Å². The molecule has 2 heterocycles. The van der Waals surface area contributed by atoms with E-state index in [0.717, 1.165) is 42.8 Å². The SMILES string of the molecule is Cc1cc(S(=O)(=O)NCC2CCCN(C)C2)sc1CO. The lowest BCUT2D eigenvalue weighted by Gasteiger charge is -2.29. The van der Waals surface area contributed by atoms with Gasteiger partial charge in [0.2, 0.25) is 10.0 Å². The first-order chi connectivity index (χ1) is 9.42. The fraction of sp³-hybridized carbons (Fsp3) is 0.692. The summed E-state index contributed by atoms with van der Waals surface area (Å²) in [6.45, 7) is 4.22. The molecule has 114 valence electrons. The van der Waals surface area contributed by atoms with Crippen molar-refractivity contribution in [2.45, 2.75) is 30.6 Å². The number of likely N-dealkylation sites (tertiary alicyclic amines) is 1. The quantitative estimate of drug-likeness (QED) is 0.855. The predicted molar refractivity (Wildman–Crippen MR) is 80.4 cm³/mol. The van der Waals surface area contributed by atoms with E-state index < -0.39 is 10.0 Å². The molecule has 1 aliphatic rings. The molecule has 2 N–H and O–H groups in total. The molecule has 1 atom stereocenters. The van der Waals surface area contributed by atoms with E-state index in [9.17, 15) is 8.42 Å². The average Bonchev–Trinajstić information content (AvgIpc) is 2.79. The molecule has 5 nitrogen and oxygen atoms in total. The normalized spacial score (nSPS) is 21.2. The lowest BCUT2D eigenvalue weighted by Crippen LogP contribution is -2.38. The first kappa shape index (κ1) is 15.9. The number of aliphatic hydroxyl groups is 1. The molecule has 0 amide bonds. The lowest BCUT2D eigenvalue weighted by molar-refractivity contribution is 0.211. The van der Waals surface area contributed by atoms with Crippen LogP contribution in [0, 0.1) is 12.8 Å². The zero-order valence-electron chi connectivity index (χ0n) is 11.9. The van der Waals surface area contributed by atoms with Crippen LogP contribution < -0.4 is 4.72 Å². The predicted octanol–water partition coefficient (Wildman–Crippen LogP) is 1.17. The van der Waals surface area contributed by atoms with Crippen LogP contribution in [-0.4, -0.2) is 45.1 Å². The van der Waals surface area contributed by atoms with E-state index in [0.29, 0.717) is 21.5 Å². The van der Waals surface area contributed by atoms with Crippen LogP contribution in [0.15, 0.2) is 10.3 Å². The summed E-state index contributed by atoms with van der Waals surface area (Å²) in [6.07, 6.45) is 2.19. The van der Waals surface area contributed by atoms with Gasteiger partial charge in [-0.2, -0.15) is 0 Å². The van der Waals surface area contributed by atoms with E-state index in [1.54, 1.807) is 6.07 Å². The number of hydrogen-bond donors (Lipinski definition) is 2. The molecule has 2 rings (SSSR count). The van der Waals surface area contributed by atoms with E-state index in [1.807, 2.05) is 6.92 Å². The van der Waals surface area contributed by atoms with Gasteiger partial charge in [0.05, 0.1) is 6.61 Å². The Bertz CT molecular complexity index is 554. The summed E-state index contributed by atoms with van der Waals surface area (Å²) in [5, 5.41) is 9.15. The van der Waals surface area contributed by atoms with Gasteiger partial charge in [-0.15, -0.1) is 11.3 Å². The van der Waals surface area contributed by atoms with Gasteiger partial charge in [0.15, 0.2) is 0 Å². The van der Waals surface area contributed by atoms with Crippen molar-refractivity contribution < 1.29 is 13.5 Å². The molecule has 0 aliphatic carbocycles. The Hall–Kier alpha value is -0.470. The highest BCUT2D eigenvalue weighted by atomic mass is 32.2. The smallest absolute Gasteiger partial charge is 0.250 e. The van der Waals surface area contributed by atoms with E-state index in [4.69, 9.17) is 5.11 Å². The number of sulfonamides is 1. The van der Waals surface area contributed by atoms with Crippen LogP contribution in [0.5, 0.6) is 0 Å². The number of nitrogens with one attached hydrogen (secondary N) is 1. The second kappa shape index (κ2) is 6.53. The van der Waals surface area contributed by atoms with Crippen LogP contribution in [0.3, 0.4) is 0 Å². The number of thiophene rings is 1. The van der Waals surface area contributed by atoms with Crippen molar-refractivity contribution in [1.29, 1.82) is 0 Å². The van der Waals surface area contributed by atoms with E-state index in [2.05, 4.69) is 16.7 Å². The average molecular weight is 318 g/mol. The van der Waals surface area contributed by atoms with Gasteiger partial charge in [-0.05, 0) is 50.9 Å². The van der Waals surface area contributed by atoms with Crippen molar-refractivity contribution >= 4 is 21.4 Å². The highest BCUT2D eigenvalue weighted by molar-refractivity contribution is 7.91. The summed E-state index contributed by atoms with van der Waals surface area (Å²) in [7, 11) is -1.38. The Labute approximate surface area is 124 Å². The molecule has 7 heteroatoms. The van der Waals surface area contributed by atoms with Crippen molar-refractivity contribution in [3.63, 3.8) is 0 Å². The molecular formula is C13H22N2O3S2. The molecule has 1 aliphatic heterocycles. The molecule has 0 aromatic carbocycles. The Morgan fingerprint density at radius 3 is 2.90 bits per heavy atom. The minimum absolute atomic E-state index is 0.112. The topological polar surface area (TPSA) is 69.6 Å². The summed E-state index contributed by atoms with van der Waals surface area (Å²) in [4.78, 5) is 2.95. The Balaban J connectivity index is 1.99. The number of nitrogens with zero attached hydrogens (tertiary/aromatic N) is 1. The summed E-state index contributed by atoms with van der Waals surface area (Å²) in [6, 6.07) is 1.63. The maximum Gasteiger partial charge on any atom is 0.250 e. The highest BCUT2D eigenvalue weighted by Crippen LogP contribution is 2.26. The number of rotatable bonds is 5. The standard InChI is InChI=1S/C13H22N2O3S2/c1-10-6-13(19-12(10)9-16)20(17,18)14-7-11-4-3-5-15(2)8-11/h6,11,14,16H,3-5,7-9H2,1-2H3. The minimum Gasteiger partial charge on any atom is -0.391 e. The van der Waals surface area contributed by atoms with Gasteiger partial charge in [-0.3, -0.25) is 0 Å². The van der Waals surface area contributed by atoms with Gasteiger partial charge in [0.25, 0.3) is 0 Å². The lowest BCUT2D eigenvalue weighted by atomic mass is 9.99. The Kier molecular flexibility index (Phi) is 5.19. The number of piperidine rings is 1. The third-order valence-corrected chi connectivity index (χ3v) is 6.81. The van der Waals surface area contributed by atoms with Gasteiger partial charge in [-0.25, -0.2) is 13.1 Å². The van der Waals surface area contributed by atoms with Crippen molar-refractivity contribution in [3.8, 4) is 0 Å². The van der Waals surface area contributed by atoms with E-state index in [-0.39, 0.29) is 6.61 Å². The monoisotopic (exact) mass is 318 g/mol. The van der Waals surface area contributed by atoms with Crippen molar-refractivity contribution in [2.75, 3.05) is 26.7 Å². The Morgan fingerprint density at radius 1 is 1.55 bits per heavy atom. The summed E-state index contributed by atoms with van der Waals surface area (Å²) in [5.74, 6) is 0.377. The molecule has 20 heavy (non-hydrogen) atoms. The van der Waals surface area contributed by atoms with Gasteiger partial charge in [0.1, 0.15) is 4.21 Å². The first-order valence-electron chi connectivity index (χ1n) is 6.80. The van der Waals surface area contributed by atoms with Gasteiger partial charge < -0.3 is 10.0 Å². The van der Waals surface area contributed by atoms with Gasteiger partial charge >= 0.3 is 0 Å². The molecule has 0 spiro atoms. The zero-order chi connectivity index (χ0) is 14.8. The molecule has 1 aromatic rings. The van der Waals surface area contributed by atoms with Crippen LogP contribution >= 0.6 is 11.3 Å². The van der Waals surface area contributed by atoms with Crippen molar-refractivity contribution in [3.05, 3.63) is 16.5 Å². The number of hydrogen-bond acceptors (Lipinski definition) is 5. The minimum atomic E-state index is -3.45. The van der Waals surface area contributed by atoms with Crippen LogP contribution in [-0.2, 0) is 16.6 Å². The molecule has 1 saturated heterocycles. The largest absolute Gasteiger partial charge is 0.391 e. The van der Waals surface area contributed by atoms with E-state index in [1.165, 1.54) is 0 Å². The Morgan fingerprint density at radius 2 is 2.30 bits per heavy atom. The third kappa shape index (κ3) is 3.79. The second-order valence-corrected chi connectivity index (χ2v) is 8.58. The second-order valence-electron chi connectivity index (χ2n) is 5.45.